The molecule has 0 saturated heterocycles. The number of para-hydroxylation sites is 4. The molecule has 35 heavy (non-hydrogen) atoms. The van der Waals surface area contributed by atoms with Crippen molar-refractivity contribution in [3.8, 4) is 22.6 Å². The second-order valence-electron chi connectivity index (χ2n) is 9.52. The molecule has 0 saturated carbocycles. The fourth-order valence-electron chi connectivity index (χ4n) is 6.50. The molecule has 2 aliphatic heterocycles. The Morgan fingerprint density at radius 2 is 1.43 bits per heavy atom. The van der Waals surface area contributed by atoms with Crippen LogP contribution in [0.1, 0.15) is 0 Å². The maximum absolute atomic E-state index is 6.39. The number of imidazole rings is 1. The molecule has 2 aromatic heterocycles. The van der Waals surface area contributed by atoms with Crippen LogP contribution >= 0.6 is 0 Å². The second-order valence-corrected chi connectivity index (χ2v) is 9.52. The predicted molar refractivity (Wildman–Crippen MR) is 144 cm³/mol. The van der Waals surface area contributed by atoms with Gasteiger partial charge in [-0.15, -0.1) is 0 Å². The van der Waals surface area contributed by atoms with E-state index in [1.165, 1.54) is 49.2 Å². The van der Waals surface area contributed by atoms with Gasteiger partial charge in [0.25, 0.3) is 6.71 Å². The second kappa shape index (κ2) is 6.11. The fourth-order valence-corrected chi connectivity index (χ4v) is 6.50. The van der Waals surface area contributed by atoms with Crippen LogP contribution in [-0.4, -0.2) is 16.1 Å². The molecule has 7 aromatic rings. The van der Waals surface area contributed by atoms with Crippen LogP contribution in [0.15, 0.2) is 103 Å². The van der Waals surface area contributed by atoms with Gasteiger partial charge in [0.1, 0.15) is 17.1 Å². The predicted octanol–water partition coefficient (Wildman–Crippen LogP) is 5.40. The summed E-state index contributed by atoms with van der Waals surface area (Å²) in [5, 5.41) is 3.71. The lowest BCUT2D eigenvalue weighted by Crippen LogP contribution is -2.51. The maximum Gasteiger partial charge on any atom is 0.252 e. The molecular formula is C31H17BN2O. The summed E-state index contributed by atoms with van der Waals surface area (Å²) >= 11 is 0. The molecule has 0 radical (unpaired) electrons. The van der Waals surface area contributed by atoms with Gasteiger partial charge in [-0.2, -0.15) is 0 Å². The summed E-state index contributed by atoms with van der Waals surface area (Å²) in [6, 6.07) is 36.7. The topological polar surface area (TPSA) is 26.5 Å². The van der Waals surface area contributed by atoms with Crippen LogP contribution < -0.4 is 21.1 Å². The van der Waals surface area contributed by atoms with Crippen LogP contribution in [0, 0.1) is 0 Å². The first kappa shape index (κ1) is 17.9. The number of fused-ring (bicyclic) bond motifs is 14. The van der Waals surface area contributed by atoms with Crippen LogP contribution in [0.3, 0.4) is 0 Å². The first-order valence-electron chi connectivity index (χ1n) is 12.0. The minimum Gasteiger partial charge on any atom is -0.458 e. The molecule has 0 bridgehead atoms. The average Bonchev–Trinajstić information content (AvgIpc) is 3.47. The molecule has 2 aliphatic rings. The van der Waals surface area contributed by atoms with E-state index in [-0.39, 0.29) is 6.71 Å². The Labute approximate surface area is 201 Å². The molecule has 4 heteroatoms. The normalized spacial score (nSPS) is 13.3. The molecular weight excluding hydrogens is 427 g/mol. The number of hydrogen-bond acceptors (Lipinski definition) is 2. The van der Waals surface area contributed by atoms with Crippen molar-refractivity contribution in [1.29, 1.82) is 0 Å². The Balaban J connectivity index is 1.53. The fraction of sp³-hybridized carbons (Fsp3) is 0. The average molecular weight is 444 g/mol. The molecule has 0 N–H and O–H groups in total. The van der Waals surface area contributed by atoms with E-state index >= 15 is 0 Å². The summed E-state index contributed by atoms with van der Waals surface area (Å²) in [6.45, 7) is 0.180. The van der Waals surface area contributed by atoms with Crippen molar-refractivity contribution >= 4 is 61.5 Å². The van der Waals surface area contributed by atoms with Crippen LogP contribution in [0.25, 0.3) is 49.5 Å². The highest BCUT2D eigenvalue weighted by Crippen LogP contribution is 2.41. The van der Waals surface area contributed by atoms with Crippen LogP contribution in [0.4, 0.5) is 0 Å². The summed E-state index contributed by atoms with van der Waals surface area (Å²) in [4.78, 5) is 5.12. The van der Waals surface area contributed by atoms with Gasteiger partial charge in [0.2, 0.25) is 0 Å². The highest BCUT2D eigenvalue weighted by atomic mass is 16.5. The summed E-state index contributed by atoms with van der Waals surface area (Å²) in [5.41, 5.74) is 10.8. The minimum atomic E-state index is 0.180. The first-order valence-corrected chi connectivity index (χ1v) is 12.0. The van der Waals surface area contributed by atoms with Crippen molar-refractivity contribution in [2.45, 2.75) is 0 Å². The number of hydrogen-bond donors (Lipinski definition) is 0. The van der Waals surface area contributed by atoms with Gasteiger partial charge in [-0.05, 0) is 52.4 Å². The smallest absolute Gasteiger partial charge is 0.252 e. The third-order valence-electron chi connectivity index (χ3n) is 7.84. The van der Waals surface area contributed by atoms with Gasteiger partial charge in [0.15, 0.2) is 0 Å². The number of nitrogens with zero attached hydrogens (tertiary/aromatic N) is 2. The Morgan fingerprint density at radius 3 is 2.40 bits per heavy atom. The monoisotopic (exact) mass is 444 g/mol. The van der Waals surface area contributed by atoms with E-state index in [1.807, 2.05) is 0 Å². The van der Waals surface area contributed by atoms with Gasteiger partial charge in [-0.1, -0.05) is 78.3 Å². The Bertz CT molecular complexity index is 2060. The number of ether oxygens (including phenoxy) is 1. The molecule has 0 fully saturated rings. The lowest BCUT2D eigenvalue weighted by molar-refractivity contribution is 0.488. The van der Waals surface area contributed by atoms with Crippen molar-refractivity contribution in [3.05, 3.63) is 103 Å². The third-order valence-corrected chi connectivity index (χ3v) is 7.84. The molecule has 160 valence electrons. The number of aromatic nitrogens is 2. The van der Waals surface area contributed by atoms with E-state index in [0.717, 1.165) is 28.2 Å². The molecule has 5 aromatic carbocycles. The minimum absolute atomic E-state index is 0.180. The quantitative estimate of drug-likeness (QED) is 0.232. The third kappa shape index (κ3) is 2.07. The van der Waals surface area contributed by atoms with Crippen molar-refractivity contribution in [3.63, 3.8) is 0 Å². The lowest BCUT2D eigenvalue weighted by Gasteiger charge is -2.23. The molecule has 0 amide bonds. The van der Waals surface area contributed by atoms with Gasteiger partial charge in [0, 0.05) is 16.2 Å². The zero-order chi connectivity index (χ0) is 22.7. The van der Waals surface area contributed by atoms with Gasteiger partial charge in [-0.25, -0.2) is 4.98 Å². The van der Waals surface area contributed by atoms with Crippen molar-refractivity contribution < 1.29 is 4.74 Å². The summed E-state index contributed by atoms with van der Waals surface area (Å²) < 4.78 is 8.71. The number of pyridine rings is 1. The number of rotatable bonds is 0. The molecule has 4 heterocycles. The van der Waals surface area contributed by atoms with E-state index in [4.69, 9.17) is 9.72 Å². The highest BCUT2D eigenvalue weighted by molar-refractivity contribution is 7.00. The van der Waals surface area contributed by atoms with Gasteiger partial charge in [0.05, 0.1) is 16.6 Å². The van der Waals surface area contributed by atoms with E-state index in [0.29, 0.717) is 0 Å². The summed E-state index contributed by atoms with van der Waals surface area (Å²) in [7, 11) is 0. The SMILES string of the molecule is c1ccc2c(c1)Oc1cccc3c1B2c1ccc2c(c1-3)c1ccccc1n1c3ccccc3nc21. The summed E-state index contributed by atoms with van der Waals surface area (Å²) in [6.07, 6.45) is 0. The molecule has 3 nitrogen and oxygen atoms in total. The standard InChI is InChI=1S/C31H17BN2O/c1-4-12-24-18(8-1)28-20(31-33-23-11-3-5-13-25(23)34(24)31)16-17-22-29(28)19-9-7-15-27-30(19)32(22)21-10-2-6-14-26(21)35-27/h1-17H. The molecule has 0 unspecified atom stereocenters. The highest BCUT2D eigenvalue weighted by Gasteiger charge is 2.41. The Morgan fingerprint density at radius 1 is 0.629 bits per heavy atom. The zero-order valence-electron chi connectivity index (χ0n) is 18.7. The van der Waals surface area contributed by atoms with Crippen molar-refractivity contribution in [1.82, 2.24) is 9.38 Å². The van der Waals surface area contributed by atoms with E-state index in [2.05, 4.69) is 108 Å². The maximum atomic E-state index is 6.39. The van der Waals surface area contributed by atoms with E-state index in [9.17, 15) is 0 Å². The largest absolute Gasteiger partial charge is 0.458 e. The van der Waals surface area contributed by atoms with E-state index in [1.54, 1.807) is 0 Å². The number of benzene rings is 5. The molecule has 9 rings (SSSR count). The van der Waals surface area contributed by atoms with Gasteiger partial charge >= 0.3 is 0 Å². The van der Waals surface area contributed by atoms with Crippen LogP contribution in [0.2, 0.25) is 0 Å². The molecule has 0 atom stereocenters. The van der Waals surface area contributed by atoms with E-state index < -0.39 is 0 Å². The molecule has 0 aliphatic carbocycles. The lowest BCUT2D eigenvalue weighted by atomic mass is 9.38. The zero-order valence-corrected chi connectivity index (χ0v) is 18.7. The van der Waals surface area contributed by atoms with Crippen LogP contribution in [-0.2, 0) is 0 Å². The van der Waals surface area contributed by atoms with Gasteiger partial charge < -0.3 is 4.74 Å². The van der Waals surface area contributed by atoms with Crippen LogP contribution in [0.5, 0.6) is 11.5 Å². The first-order chi connectivity index (χ1) is 17.4. The van der Waals surface area contributed by atoms with Crippen molar-refractivity contribution in [2.24, 2.45) is 0 Å². The van der Waals surface area contributed by atoms with Crippen molar-refractivity contribution in [2.75, 3.05) is 0 Å². The summed E-state index contributed by atoms with van der Waals surface area (Å²) in [5.74, 6) is 1.92. The Kier molecular flexibility index (Phi) is 3.11. The Hall–Kier alpha value is -4.57. The van der Waals surface area contributed by atoms with Gasteiger partial charge in [-0.3, -0.25) is 4.40 Å². The molecule has 0 spiro atoms.